The number of morpholine rings is 1. The highest BCUT2D eigenvalue weighted by Crippen LogP contribution is 2.54. The Morgan fingerprint density at radius 2 is 1.72 bits per heavy atom. The standard InChI is InChI=1S/C27H24BrN3O6S2/c1-36-18-8-2-15(3-9-18)20-21-22(25(34)31(24(21)33)17-6-4-16(28)5-7-17)38-26-23(20)39-27(35)30(26)14-19(32)29-10-12-37-13-11-29/h2-9,20-22H,10-14H2,1H3/t20-,21?,22?/m1/s1. The van der Waals surface area contributed by atoms with E-state index in [1.165, 1.54) is 21.2 Å². The molecule has 2 saturated heterocycles. The molecule has 0 aliphatic carbocycles. The van der Waals surface area contributed by atoms with E-state index >= 15 is 0 Å². The van der Waals surface area contributed by atoms with Gasteiger partial charge in [-0.05, 0) is 42.0 Å². The molecule has 12 heteroatoms. The average molecular weight is 631 g/mol. The zero-order valence-electron chi connectivity index (χ0n) is 20.9. The van der Waals surface area contributed by atoms with Crippen molar-refractivity contribution in [3.05, 3.63) is 73.1 Å². The lowest BCUT2D eigenvalue weighted by atomic mass is 9.83. The van der Waals surface area contributed by atoms with Gasteiger partial charge in [0.25, 0.3) is 0 Å². The van der Waals surface area contributed by atoms with E-state index in [1.54, 1.807) is 48.4 Å². The first-order valence-electron chi connectivity index (χ1n) is 12.4. The number of nitrogens with zero attached hydrogens (tertiary/aromatic N) is 3. The Morgan fingerprint density at radius 3 is 2.38 bits per heavy atom. The van der Waals surface area contributed by atoms with Crippen LogP contribution in [0.1, 0.15) is 16.4 Å². The van der Waals surface area contributed by atoms with E-state index in [4.69, 9.17) is 9.47 Å². The normalized spacial score (nSPS) is 22.6. The largest absolute Gasteiger partial charge is 0.497 e. The molecule has 3 aromatic rings. The summed E-state index contributed by atoms with van der Waals surface area (Å²) in [5, 5.41) is -0.160. The lowest BCUT2D eigenvalue weighted by molar-refractivity contribution is -0.136. The number of benzene rings is 2. The van der Waals surface area contributed by atoms with Crippen molar-refractivity contribution in [2.75, 3.05) is 38.3 Å². The van der Waals surface area contributed by atoms with Crippen molar-refractivity contribution < 1.29 is 23.9 Å². The summed E-state index contributed by atoms with van der Waals surface area (Å²) in [5.41, 5.74) is 1.30. The average Bonchev–Trinajstić information content (AvgIpc) is 3.40. The van der Waals surface area contributed by atoms with E-state index in [0.717, 1.165) is 21.4 Å². The fourth-order valence-corrected chi connectivity index (χ4v) is 8.36. The van der Waals surface area contributed by atoms with Gasteiger partial charge >= 0.3 is 4.87 Å². The summed E-state index contributed by atoms with van der Waals surface area (Å²) in [6.45, 7) is 1.75. The second-order valence-corrected chi connectivity index (χ2v) is 12.5. The molecule has 3 aliphatic rings. The van der Waals surface area contributed by atoms with Gasteiger partial charge in [0.05, 0.1) is 37.0 Å². The van der Waals surface area contributed by atoms with Gasteiger partial charge < -0.3 is 14.4 Å². The fourth-order valence-electron chi connectivity index (χ4n) is 5.32. The summed E-state index contributed by atoms with van der Waals surface area (Å²) in [7, 11) is 1.58. The van der Waals surface area contributed by atoms with Crippen LogP contribution in [-0.4, -0.2) is 65.9 Å². The number of fused-ring (bicyclic) bond motifs is 2. The molecule has 202 valence electrons. The van der Waals surface area contributed by atoms with Crippen LogP contribution in [0.15, 0.2) is 62.8 Å². The number of amides is 3. The van der Waals surface area contributed by atoms with Crippen LogP contribution in [0.5, 0.6) is 5.75 Å². The minimum atomic E-state index is -0.737. The van der Waals surface area contributed by atoms with E-state index < -0.39 is 17.1 Å². The highest BCUT2D eigenvalue weighted by molar-refractivity contribution is 9.10. The summed E-state index contributed by atoms with van der Waals surface area (Å²) in [6.07, 6.45) is 0. The maximum absolute atomic E-state index is 13.9. The van der Waals surface area contributed by atoms with Crippen LogP contribution in [0, 0.1) is 5.92 Å². The van der Waals surface area contributed by atoms with Gasteiger partial charge in [0, 0.05) is 28.4 Å². The molecule has 3 amide bonds. The van der Waals surface area contributed by atoms with Crippen molar-refractivity contribution in [2.24, 2.45) is 5.92 Å². The number of carbonyl (C=O) groups excluding carboxylic acids is 3. The molecule has 0 saturated carbocycles. The summed E-state index contributed by atoms with van der Waals surface area (Å²) in [6, 6.07) is 14.4. The van der Waals surface area contributed by atoms with Gasteiger partial charge in [0.2, 0.25) is 17.7 Å². The van der Waals surface area contributed by atoms with Crippen molar-refractivity contribution >= 4 is 62.4 Å². The molecular formula is C27H24BrN3O6S2. The van der Waals surface area contributed by atoms with Crippen LogP contribution < -0.4 is 14.5 Å². The Labute approximate surface area is 240 Å². The Balaban J connectivity index is 1.43. The third-order valence-electron chi connectivity index (χ3n) is 7.27. The van der Waals surface area contributed by atoms with E-state index in [1.807, 2.05) is 12.1 Å². The number of methoxy groups -OCH3 is 1. The Morgan fingerprint density at radius 1 is 1.03 bits per heavy atom. The number of anilines is 1. The molecule has 2 unspecified atom stereocenters. The first-order chi connectivity index (χ1) is 18.9. The van der Waals surface area contributed by atoms with Crippen LogP contribution in [0.2, 0.25) is 0 Å². The number of imide groups is 1. The first kappa shape index (κ1) is 26.3. The molecule has 0 bridgehead atoms. The fraction of sp³-hybridized carbons (Fsp3) is 0.333. The van der Waals surface area contributed by atoms with Crippen LogP contribution in [0.4, 0.5) is 5.69 Å². The van der Waals surface area contributed by atoms with Gasteiger partial charge in [0.1, 0.15) is 17.5 Å². The summed E-state index contributed by atoms with van der Waals surface area (Å²) in [4.78, 5) is 57.4. The van der Waals surface area contributed by atoms with Crippen molar-refractivity contribution in [3.63, 3.8) is 0 Å². The number of rotatable bonds is 5. The van der Waals surface area contributed by atoms with Gasteiger partial charge in [-0.3, -0.25) is 23.7 Å². The van der Waals surface area contributed by atoms with Crippen molar-refractivity contribution in [1.82, 2.24) is 9.47 Å². The van der Waals surface area contributed by atoms with E-state index in [-0.39, 0.29) is 29.1 Å². The second kappa shape index (κ2) is 10.6. The number of halogens is 1. The molecule has 0 spiro atoms. The highest BCUT2D eigenvalue weighted by Gasteiger charge is 2.56. The number of hydrogen-bond donors (Lipinski definition) is 0. The number of thioether (sulfide) groups is 1. The van der Waals surface area contributed by atoms with Gasteiger partial charge in [0.15, 0.2) is 0 Å². The smallest absolute Gasteiger partial charge is 0.308 e. The van der Waals surface area contributed by atoms with Gasteiger partial charge in [-0.25, -0.2) is 4.90 Å². The van der Waals surface area contributed by atoms with Gasteiger partial charge in [-0.1, -0.05) is 51.2 Å². The highest BCUT2D eigenvalue weighted by atomic mass is 79.9. The van der Waals surface area contributed by atoms with E-state index in [0.29, 0.717) is 47.6 Å². The summed E-state index contributed by atoms with van der Waals surface area (Å²) in [5.74, 6) is -1.36. The van der Waals surface area contributed by atoms with Crippen LogP contribution in [0.25, 0.3) is 0 Å². The number of ether oxygens (including phenoxy) is 2. The minimum absolute atomic E-state index is 0.122. The second-order valence-electron chi connectivity index (χ2n) is 9.42. The molecule has 9 nitrogen and oxygen atoms in total. The van der Waals surface area contributed by atoms with Crippen molar-refractivity contribution in [1.29, 1.82) is 0 Å². The zero-order valence-corrected chi connectivity index (χ0v) is 24.1. The lowest BCUT2D eigenvalue weighted by Gasteiger charge is -2.31. The quantitative estimate of drug-likeness (QED) is 0.399. The molecule has 4 heterocycles. The van der Waals surface area contributed by atoms with Gasteiger partial charge in [-0.2, -0.15) is 0 Å². The Bertz CT molecular complexity index is 1500. The maximum atomic E-state index is 13.9. The maximum Gasteiger partial charge on any atom is 0.308 e. The number of hydrogen-bond acceptors (Lipinski definition) is 8. The number of carbonyl (C=O) groups is 3. The SMILES string of the molecule is COc1ccc([C@H]2c3sc(=O)n(CC(=O)N4CCOCC4)c3SC3C(=O)N(c4ccc(Br)cc4)C(=O)C32)cc1. The Kier molecular flexibility index (Phi) is 7.13. The predicted molar refractivity (Wildman–Crippen MR) is 151 cm³/mol. The molecule has 3 aliphatic heterocycles. The van der Waals surface area contributed by atoms with Crippen LogP contribution in [-0.2, 0) is 25.7 Å². The molecular weight excluding hydrogens is 606 g/mol. The number of aromatic nitrogens is 1. The molecule has 39 heavy (non-hydrogen) atoms. The topological polar surface area (TPSA) is 98.2 Å². The zero-order chi connectivity index (χ0) is 27.3. The first-order valence-corrected chi connectivity index (χ1v) is 14.9. The van der Waals surface area contributed by atoms with Gasteiger partial charge in [-0.15, -0.1) is 0 Å². The lowest BCUT2D eigenvalue weighted by Crippen LogP contribution is -2.43. The molecule has 2 fully saturated rings. The molecule has 2 aromatic carbocycles. The third kappa shape index (κ3) is 4.62. The molecule has 6 rings (SSSR count). The van der Waals surface area contributed by atoms with E-state index in [2.05, 4.69) is 15.9 Å². The van der Waals surface area contributed by atoms with Crippen LogP contribution >= 0.6 is 39.0 Å². The monoisotopic (exact) mass is 629 g/mol. The molecule has 0 N–H and O–H groups in total. The van der Waals surface area contributed by atoms with Crippen molar-refractivity contribution in [3.8, 4) is 5.75 Å². The minimum Gasteiger partial charge on any atom is -0.497 e. The van der Waals surface area contributed by atoms with E-state index in [9.17, 15) is 19.2 Å². The van der Waals surface area contributed by atoms with Crippen LogP contribution in [0.3, 0.4) is 0 Å². The molecule has 0 radical (unpaired) electrons. The molecule has 3 atom stereocenters. The summed E-state index contributed by atoms with van der Waals surface area (Å²) >= 11 is 5.66. The molecule has 1 aromatic heterocycles. The van der Waals surface area contributed by atoms with Crippen molar-refractivity contribution in [2.45, 2.75) is 22.7 Å². The summed E-state index contributed by atoms with van der Waals surface area (Å²) < 4.78 is 13.0. The predicted octanol–water partition coefficient (Wildman–Crippen LogP) is 3.34. The number of thiazole rings is 1. The third-order valence-corrected chi connectivity index (χ3v) is 10.4. The Hall–Kier alpha value is -2.93.